The number of ether oxygens (including phenoxy) is 7. The SMILES string of the molecule is CCCCCCCCCCCCCCCC(=O)OCCOCCOCCOCCOCCOCCOCCO[Si](C)(C)C(C)(C)C. The minimum Gasteiger partial charge on any atom is -0.463 e. The van der Waals surface area contributed by atoms with Crippen molar-refractivity contribution in [2.75, 3.05) is 92.5 Å². The molecule has 0 saturated carbocycles. The van der Waals surface area contributed by atoms with Gasteiger partial charge in [-0.2, -0.15) is 0 Å². The smallest absolute Gasteiger partial charge is 0.305 e. The molecule has 0 aliphatic carbocycles. The second-order valence-electron chi connectivity index (χ2n) is 13.5. The number of carbonyl (C=O) groups excluding carboxylic acids is 1. The normalized spacial score (nSPS) is 12.2. The van der Waals surface area contributed by atoms with Crippen LogP contribution in [0.25, 0.3) is 0 Å². The van der Waals surface area contributed by atoms with E-state index in [0.717, 1.165) is 12.8 Å². The molecule has 0 atom stereocenters. The standard InChI is InChI=1S/C36H74O9Si/c1-7-8-9-10-11-12-13-14-15-16-17-18-19-20-35(37)44-33-31-42-29-27-40-25-23-38-21-22-39-24-26-41-28-30-43-32-34-45-46(5,6)36(2,3)4/h7-34H2,1-6H3. The van der Waals surface area contributed by atoms with Crippen molar-refractivity contribution >= 4 is 14.3 Å². The average molecular weight is 679 g/mol. The van der Waals surface area contributed by atoms with E-state index in [9.17, 15) is 4.79 Å². The van der Waals surface area contributed by atoms with Gasteiger partial charge in [-0.15, -0.1) is 0 Å². The van der Waals surface area contributed by atoms with Crippen LogP contribution >= 0.6 is 0 Å². The molecular weight excluding hydrogens is 604 g/mol. The summed E-state index contributed by atoms with van der Waals surface area (Å²) in [6.07, 6.45) is 17.4. The summed E-state index contributed by atoms with van der Waals surface area (Å²) >= 11 is 0. The number of unbranched alkanes of at least 4 members (excludes halogenated alkanes) is 12. The van der Waals surface area contributed by atoms with Gasteiger partial charge in [0.25, 0.3) is 0 Å². The summed E-state index contributed by atoms with van der Waals surface area (Å²) in [5, 5.41) is 0.219. The molecule has 0 N–H and O–H groups in total. The summed E-state index contributed by atoms with van der Waals surface area (Å²) in [4.78, 5) is 11.9. The van der Waals surface area contributed by atoms with Gasteiger partial charge in [-0.3, -0.25) is 4.79 Å². The fourth-order valence-corrected chi connectivity index (χ4v) is 5.37. The summed E-state index contributed by atoms with van der Waals surface area (Å²) in [7, 11) is -1.70. The molecule has 0 aliphatic rings. The Morgan fingerprint density at radius 3 is 1.11 bits per heavy atom. The maximum Gasteiger partial charge on any atom is 0.305 e. The largest absolute Gasteiger partial charge is 0.463 e. The van der Waals surface area contributed by atoms with Gasteiger partial charge in [-0.05, 0) is 24.6 Å². The third-order valence-electron chi connectivity index (χ3n) is 8.33. The molecule has 0 rings (SSSR count). The predicted molar refractivity (Wildman–Crippen MR) is 189 cm³/mol. The third kappa shape index (κ3) is 32.0. The van der Waals surface area contributed by atoms with E-state index in [1.807, 2.05) is 0 Å². The Morgan fingerprint density at radius 2 is 0.761 bits per heavy atom. The first-order chi connectivity index (χ1) is 22.2. The minimum absolute atomic E-state index is 0.125. The number of esters is 1. The topological polar surface area (TPSA) is 90.9 Å². The third-order valence-corrected chi connectivity index (χ3v) is 12.9. The molecule has 0 aromatic rings. The minimum atomic E-state index is -1.70. The number of carbonyl (C=O) groups is 1. The lowest BCUT2D eigenvalue weighted by Crippen LogP contribution is -2.41. The Labute approximate surface area is 284 Å². The molecule has 10 heteroatoms. The van der Waals surface area contributed by atoms with Crippen molar-refractivity contribution in [1.29, 1.82) is 0 Å². The highest BCUT2D eigenvalue weighted by molar-refractivity contribution is 6.74. The molecule has 0 spiro atoms. The molecule has 0 saturated heterocycles. The zero-order chi connectivity index (χ0) is 34.0. The fraction of sp³-hybridized carbons (Fsp3) is 0.972. The lowest BCUT2D eigenvalue weighted by molar-refractivity contribution is -0.145. The highest BCUT2D eigenvalue weighted by Crippen LogP contribution is 2.36. The van der Waals surface area contributed by atoms with Gasteiger partial charge >= 0.3 is 5.97 Å². The first-order valence-corrected chi connectivity index (χ1v) is 21.4. The van der Waals surface area contributed by atoms with Gasteiger partial charge in [0, 0.05) is 6.42 Å². The Bertz CT molecular complexity index is 643. The van der Waals surface area contributed by atoms with E-state index in [-0.39, 0.29) is 11.0 Å². The van der Waals surface area contributed by atoms with Crippen LogP contribution in [0.1, 0.15) is 118 Å². The summed E-state index contributed by atoms with van der Waals surface area (Å²) in [5.41, 5.74) is 0. The van der Waals surface area contributed by atoms with Crippen LogP contribution in [0.15, 0.2) is 0 Å². The van der Waals surface area contributed by atoms with Gasteiger partial charge in [0.15, 0.2) is 8.32 Å². The van der Waals surface area contributed by atoms with Gasteiger partial charge in [-0.1, -0.05) is 105 Å². The summed E-state index contributed by atoms with van der Waals surface area (Å²) < 4.78 is 44.4. The van der Waals surface area contributed by atoms with Crippen molar-refractivity contribution in [1.82, 2.24) is 0 Å². The van der Waals surface area contributed by atoms with Gasteiger partial charge in [-0.25, -0.2) is 0 Å². The van der Waals surface area contributed by atoms with Gasteiger partial charge in [0.05, 0.1) is 85.9 Å². The van der Waals surface area contributed by atoms with E-state index >= 15 is 0 Å². The molecule has 0 aromatic heterocycles. The van der Waals surface area contributed by atoms with Crippen LogP contribution in [0.5, 0.6) is 0 Å². The van der Waals surface area contributed by atoms with E-state index in [0.29, 0.717) is 98.9 Å². The summed E-state index contributed by atoms with van der Waals surface area (Å²) in [6.45, 7) is 20.6. The molecule has 9 nitrogen and oxygen atoms in total. The van der Waals surface area contributed by atoms with Gasteiger partial charge < -0.3 is 37.6 Å². The summed E-state index contributed by atoms with van der Waals surface area (Å²) in [5.74, 6) is -0.125. The molecule has 0 bridgehead atoms. The van der Waals surface area contributed by atoms with Crippen LogP contribution in [-0.2, 0) is 42.4 Å². The number of hydrogen-bond donors (Lipinski definition) is 0. The van der Waals surface area contributed by atoms with Crippen molar-refractivity contribution in [3.05, 3.63) is 0 Å². The Kier molecular flexibility index (Phi) is 32.5. The number of rotatable bonds is 36. The van der Waals surface area contributed by atoms with Gasteiger partial charge in [0.1, 0.15) is 6.61 Å². The van der Waals surface area contributed by atoms with Crippen LogP contribution in [0, 0.1) is 0 Å². The average Bonchev–Trinajstić information content (AvgIpc) is 3.01. The van der Waals surface area contributed by atoms with Crippen molar-refractivity contribution in [3.8, 4) is 0 Å². The molecule has 0 radical (unpaired) electrons. The predicted octanol–water partition coefficient (Wildman–Crippen LogP) is 8.13. The molecule has 0 aliphatic heterocycles. The van der Waals surface area contributed by atoms with E-state index in [1.165, 1.54) is 70.6 Å². The first kappa shape index (κ1) is 45.4. The molecule has 0 aromatic carbocycles. The summed E-state index contributed by atoms with van der Waals surface area (Å²) in [6, 6.07) is 0. The van der Waals surface area contributed by atoms with E-state index in [4.69, 9.17) is 37.6 Å². The van der Waals surface area contributed by atoms with E-state index in [1.54, 1.807) is 0 Å². The van der Waals surface area contributed by atoms with E-state index in [2.05, 4.69) is 40.8 Å². The zero-order valence-electron chi connectivity index (χ0n) is 31.0. The number of hydrogen-bond acceptors (Lipinski definition) is 9. The lowest BCUT2D eigenvalue weighted by Gasteiger charge is -2.36. The molecule has 276 valence electrons. The second kappa shape index (κ2) is 32.9. The highest BCUT2D eigenvalue weighted by atomic mass is 28.4. The fourth-order valence-electron chi connectivity index (χ4n) is 4.35. The Morgan fingerprint density at radius 1 is 0.457 bits per heavy atom. The van der Waals surface area contributed by atoms with Crippen LogP contribution in [0.3, 0.4) is 0 Å². The zero-order valence-corrected chi connectivity index (χ0v) is 32.0. The van der Waals surface area contributed by atoms with Crippen LogP contribution in [0.2, 0.25) is 18.1 Å². The molecule has 46 heavy (non-hydrogen) atoms. The van der Waals surface area contributed by atoms with Crippen LogP contribution in [0.4, 0.5) is 0 Å². The van der Waals surface area contributed by atoms with Crippen LogP contribution < -0.4 is 0 Å². The van der Waals surface area contributed by atoms with Crippen LogP contribution in [-0.4, -0.2) is 107 Å². The molecule has 0 heterocycles. The van der Waals surface area contributed by atoms with Crippen molar-refractivity contribution in [2.45, 2.75) is 136 Å². The Hall–Kier alpha value is -0.593. The molecular formula is C36H74O9Si. The highest BCUT2D eigenvalue weighted by Gasteiger charge is 2.36. The lowest BCUT2D eigenvalue weighted by atomic mass is 10.0. The van der Waals surface area contributed by atoms with Crippen molar-refractivity contribution in [2.24, 2.45) is 0 Å². The molecule has 0 fully saturated rings. The molecule has 0 amide bonds. The second-order valence-corrected chi connectivity index (χ2v) is 18.3. The molecule has 0 unspecified atom stereocenters. The van der Waals surface area contributed by atoms with Gasteiger partial charge in [0.2, 0.25) is 0 Å². The van der Waals surface area contributed by atoms with Crippen molar-refractivity contribution in [3.63, 3.8) is 0 Å². The monoisotopic (exact) mass is 679 g/mol. The quantitative estimate of drug-likeness (QED) is 0.0370. The first-order valence-electron chi connectivity index (χ1n) is 18.5. The van der Waals surface area contributed by atoms with Crippen molar-refractivity contribution < 1.29 is 42.4 Å². The Balaban J connectivity index is 3.21. The maximum absolute atomic E-state index is 11.9. The maximum atomic E-state index is 11.9. The van der Waals surface area contributed by atoms with E-state index < -0.39 is 8.32 Å².